The summed E-state index contributed by atoms with van der Waals surface area (Å²) in [6, 6.07) is 14.4. The minimum absolute atomic E-state index is 0.188. The number of benzene rings is 2. The van der Waals surface area contributed by atoms with Crippen molar-refractivity contribution in [1.82, 2.24) is 9.97 Å². The minimum Gasteiger partial charge on any atom is -0.308 e. The number of nitrogens with one attached hydrogen (secondary N) is 3. The summed E-state index contributed by atoms with van der Waals surface area (Å²) in [6.07, 6.45) is -4.75. The fourth-order valence-electron chi connectivity index (χ4n) is 2.53. The standard InChI is InChI=1S/C20H16F3N5O3/c1-31-28-16-11-15(20(21,22)23)25-18(26-16)27-19(30)24-14-9-7-13(8-10-14)17(29)12-5-3-2-4-6-12/h2-11H,1H3,(H3,24,25,26,27,28,30). The van der Waals surface area contributed by atoms with E-state index in [1.165, 1.54) is 31.4 Å². The molecule has 0 radical (unpaired) electrons. The van der Waals surface area contributed by atoms with Gasteiger partial charge in [0.2, 0.25) is 5.95 Å². The summed E-state index contributed by atoms with van der Waals surface area (Å²) in [5.41, 5.74) is 2.13. The lowest BCUT2D eigenvalue weighted by molar-refractivity contribution is -0.141. The fourth-order valence-corrected chi connectivity index (χ4v) is 2.53. The highest BCUT2D eigenvalue weighted by molar-refractivity contribution is 6.09. The lowest BCUT2D eigenvalue weighted by Gasteiger charge is -2.12. The zero-order valence-electron chi connectivity index (χ0n) is 16.0. The molecule has 8 nitrogen and oxygen atoms in total. The third-order valence-corrected chi connectivity index (χ3v) is 3.89. The average molecular weight is 431 g/mol. The van der Waals surface area contributed by atoms with Crippen molar-refractivity contribution >= 4 is 29.3 Å². The molecular weight excluding hydrogens is 415 g/mol. The van der Waals surface area contributed by atoms with Crippen LogP contribution in [0.1, 0.15) is 21.6 Å². The minimum atomic E-state index is -4.75. The van der Waals surface area contributed by atoms with Crippen molar-refractivity contribution in [2.24, 2.45) is 0 Å². The lowest BCUT2D eigenvalue weighted by atomic mass is 10.0. The molecule has 2 aromatic carbocycles. The number of carbonyl (C=O) groups is 2. The van der Waals surface area contributed by atoms with Gasteiger partial charge in [-0.1, -0.05) is 30.3 Å². The Hall–Kier alpha value is -3.99. The molecule has 3 rings (SSSR count). The molecule has 3 N–H and O–H groups in total. The Morgan fingerprint density at radius 3 is 2.16 bits per heavy atom. The number of ketones is 1. The highest BCUT2D eigenvalue weighted by Gasteiger charge is 2.34. The Morgan fingerprint density at radius 1 is 0.903 bits per heavy atom. The molecule has 0 atom stereocenters. The van der Waals surface area contributed by atoms with Gasteiger partial charge in [0.1, 0.15) is 0 Å². The molecule has 0 aliphatic heterocycles. The Morgan fingerprint density at radius 2 is 1.55 bits per heavy atom. The van der Waals surface area contributed by atoms with Crippen LogP contribution in [-0.2, 0) is 11.0 Å². The molecule has 0 aliphatic carbocycles. The van der Waals surface area contributed by atoms with Crippen LogP contribution in [0.25, 0.3) is 0 Å². The summed E-state index contributed by atoms with van der Waals surface area (Å²) in [6.45, 7) is 0. The van der Waals surface area contributed by atoms with Crippen LogP contribution in [0.4, 0.5) is 35.4 Å². The molecule has 0 aliphatic rings. The third-order valence-electron chi connectivity index (χ3n) is 3.89. The van der Waals surface area contributed by atoms with E-state index in [1.807, 2.05) is 0 Å². The topological polar surface area (TPSA) is 105 Å². The zero-order valence-corrected chi connectivity index (χ0v) is 16.0. The van der Waals surface area contributed by atoms with Gasteiger partial charge in [-0.15, -0.1) is 0 Å². The molecular formula is C20H16F3N5O3. The van der Waals surface area contributed by atoms with E-state index >= 15 is 0 Å². The number of halogens is 3. The predicted molar refractivity (Wildman–Crippen MR) is 107 cm³/mol. The Balaban J connectivity index is 1.69. The van der Waals surface area contributed by atoms with Gasteiger partial charge >= 0.3 is 12.2 Å². The molecule has 1 aromatic heterocycles. The summed E-state index contributed by atoms with van der Waals surface area (Å²) in [7, 11) is 1.20. The van der Waals surface area contributed by atoms with Gasteiger partial charge in [-0.3, -0.25) is 14.9 Å². The molecule has 0 saturated heterocycles. The number of rotatable bonds is 6. The smallest absolute Gasteiger partial charge is 0.308 e. The number of amides is 2. The quantitative estimate of drug-likeness (QED) is 0.396. The van der Waals surface area contributed by atoms with Gasteiger partial charge in [-0.2, -0.15) is 18.2 Å². The van der Waals surface area contributed by atoms with Crippen LogP contribution in [0.2, 0.25) is 0 Å². The van der Waals surface area contributed by atoms with E-state index in [2.05, 4.69) is 30.9 Å². The SMILES string of the molecule is CONc1cc(C(F)(F)F)nc(NC(=O)Nc2ccc(C(=O)c3ccccc3)cc2)n1. The molecule has 160 valence electrons. The molecule has 0 spiro atoms. The van der Waals surface area contributed by atoms with Gasteiger partial charge in [0.15, 0.2) is 17.3 Å². The van der Waals surface area contributed by atoms with E-state index in [0.29, 0.717) is 22.9 Å². The molecule has 3 aromatic rings. The van der Waals surface area contributed by atoms with Gasteiger partial charge in [-0.05, 0) is 24.3 Å². The Kier molecular flexibility index (Phi) is 6.46. The van der Waals surface area contributed by atoms with E-state index in [4.69, 9.17) is 0 Å². The van der Waals surface area contributed by atoms with Crippen molar-refractivity contribution in [2.45, 2.75) is 6.18 Å². The second kappa shape index (κ2) is 9.22. The summed E-state index contributed by atoms with van der Waals surface area (Å²) in [5, 5.41) is 4.56. The number of alkyl halides is 3. The molecule has 0 fully saturated rings. The maximum absolute atomic E-state index is 13.0. The van der Waals surface area contributed by atoms with Crippen LogP contribution in [0.3, 0.4) is 0 Å². The zero-order chi connectivity index (χ0) is 22.4. The van der Waals surface area contributed by atoms with Crippen molar-refractivity contribution in [1.29, 1.82) is 0 Å². The van der Waals surface area contributed by atoms with Crippen molar-refractivity contribution in [2.75, 3.05) is 23.2 Å². The first-order valence-electron chi connectivity index (χ1n) is 8.79. The number of hydrogen-bond donors (Lipinski definition) is 3. The van der Waals surface area contributed by atoms with Crippen molar-refractivity contribution < 1.29 is 27.6 Å². The number of nitrogens with zero attached hydrogens (tertiary/aromatic N) is 2. The summed E-state index contributed by atoms with van der Waals surface area (Å²) >= 11 is 0. The van der Waals surface area contributed by atoms with E-state index in [0.717, 1.165) is 0 Å². The van der Waals surface area contributed by atoms with Crippen molar-refractivity contribution in [3.8, 4) is 0 Å². The number of hydrogen-bond acceptors (Lipinski definition) is 6. The second-order valence-corrected chi connectivity index (χ2v) is 6.12. The molecule has 0 saturated carbocycles. The maximum Gasteiger partial charge on any atom is 0.433 e. The molecule has 1 heterocycles. The second-order valence-electron chi connectivity index (χ2n) is 6.12. The van der Waals surface area contributed by atoms with Crippen LogP contribution in [0.5, 0.6) is 0 Å². The van der Waals surface area contributed by atoms with Gasteiger partial charge < -0.3 is 5.32 Å². The first-order valence-corrected chi connectivity index (χ1v) is 8.79. The van der Waals surface area contributed by atoms with Crippen LogP contribution in [-0.4, -0.2) is 28.9 Å². The third kappa shape index (κ3) is 5.76. The molecule has 0 bridgehead atoms. The van der Waals surface area contributed by atoms with Gasteiger partial charge in [-0.25, -0.2) is 15.3 Å². The monoisotopic (exact) mass is 431 g/mol. The van der Waals surface area contributed by atoms with Gasteiger partial charge in [0.05, 0.1) is 7.11 Å². The molecule has 11 heteroatoms. The van der Waals surface area contributed by atoms with E-state index in [9.17, 15) is 22.8 Å². The predicted octanol–water partition coefficient (Wildman–Crippen LogP) is 4.34. The van der Waals surface area contributed by atoms with Crippen LogP contribution >= 0.6 is 0 Å². The van der Waals surface area contributed by atoms with Crippen LogP contribution in [0.15, 0.2) is 60.7 Å². The largest absolute Gasteiger partial charge is 0.433 e. The first kappa shape index (κ1) is 21.7. The maximum atomic E-state index is 13.0. The summed E-state index contributed by atoms with van der Waals surface area (Å²) in [4.78, 5) is 36.1. The van der Waals surface area contributed by atoms with Crippen molar-refractivity contribution in [3.05, 3.63) is 77.5 Å². The molecule has 31 heavy (non-hydrogen) atoms. The van der Waals surface area contributed by atoms with Crippen LogP contribution < -0.4 is 16.1 Å². The Bertz CT molecular complexity index is 1070. The fraction of sp³-hybridized carbons (Fsp3) is 0.100. The normalized spacial score (nSPS) is 11.0. The lowest BCUT2D eigenvalue weighted by Crippen LogP contribution is -2.22. The van der Waals surface area contributed by atoms with Gasteiger partial charge in [0, 0.05) is 22.9 Å². The van der Waals surface area contributed by atoms with E-state index in [-0.39, 0.29) is 11.6 Å². The molecule has 0 unspecified atom stereocenters. The summed E-state index contributed by atoms with van der Waals surface area (Å²) < 4.78 is 39.0. The molecule has 2 amide bonds. The van der Waals surface area contributed by atoms with Gasteiger partial charge in [0.25, 0.3) is 0 Å². The van der Waals surface area contributed by atoms with Crippen LogP contribution in [0, 0.1) is 0 Å². The van der Waals surface area contributed by atoms with E-state index in [1.54, 1.807) is 30.3 Å². The number of aromatic nitrogens is 2. The first-order chi connectivity index (χ1) is 14.8. The van der Waals surface area contributed by atoms with E-state index < -0.39 is 23.8 Å². The average Bonchev–Trinajstić information content (AvgIpc) is 2.74. The summed E-state index contributed by atoms with van der Waals surface area (Å²) in [5.74, 6) is -1.06. The highest BCUT2D eigenvalue weighted by Crippen LogP contribution is 2.29. The number of carbonyl (C=O) groups excluding carboxylic acids is 2. The van der Waals surface area contributed by atoms with Crippen molar-refractivity contribution in [3.63, 3.8) is 0 Å². The number of urea groups is 1. The Labute approximate surface area is 174 Å². The number of anilines is 3. The highest BCUT2D eigenvalue weighted by atomic mass is 19.4.